The number of benzene rings is 2. The van der Waals surface area contributed by atoms with Crippen LogP contribution in [0, 0.1) is 0 Å². The molecule has 1 aromatic heterocycles. The molecular formula is C21H22N2O3S2. The van der Waals surface area contributed by atoms with Crippen molar-refractivity contribution in [3.63, 3.8) is 0 Å². The Morgan fingerprint density at radius 2 is 1.64 bits per heavy atom. The van der Waals surface area contributed by atoms with Crippen LogP contribution in [0.15, 0.2) is 77.0 Å². The molecule has 1 amide bonds. The van der Waals surface area contributed by atoms with Gasteiger partial charge in [0.1, 0.15) is 0 Å². The summed E-state index contributed by atoms with van der Waals surface area (Å²) in [7, 11) is -1.89. The summed E-state index contributed by atoms with van der Waals surface area (Å²) in [5.74, 6) is -0.103. The van der Waals surface area contributed by atoms with Crippen LogP contribution in [0.1, 0.15) is 22.2 Å². The minimum absolute atomic E-state index is 0.103. The first-order valence-electron chi connectivity index (χ1n) is 8.89. The SMILES string of the molecule is CCN(c1ccc(C(=O)N(C)Cc2cccs2)cc1)S(=O)(=O)c1ccccc1. The smallest absolute Gasteiger partial charge is 0.264 e. The number of hydrogen-bond donors (Lipinski definition) is 0. The van der Waals surface area contributed by atoms with E-state index in [1.807, 2.05) is 17.5 Å². The van der Waals surface area contributed by atoms with Gasteiger partial charge in [-0.05, 0) is 54.8 Å². The lowest BCUT2D eigenvalue weighted by atomic mass is 10.2. The van der Waals surface area contributed by atoms with Crippen molar-refractivity contribution in [3.8, 4) is 0 Å². The molecule has 146 valence electrons. The fourth-order valence-corrected chi connectivity index (χ4v) is 5.16. The third-order valence-corrected chi connectivity index (χ3v) is 7.12. The van der Waals surface area contributed by atoms with E-state index in [2.05, 4.69) is 0 Å². The fourth-order valence-electron chi connectivity index (χ4n) is 2.91. The van der Waals surface area contributed by atoms with E-state index in [1.165, 1.54) is 4.31 Å². The molecule has 0 fully saturated rings. The minimum Gasteiger partial charge on any atom is -0.337 e. The summed E-state index contributed by atoms with van der Waals surface area (Å²) in [5.41, 5.74) is 1.06. The number of carbonyl (C=O) groups excluding carboxylic acids is 1. The highest BCUT2D eigenvalue weighted by Crippen LogP contribution is 2.24. The van der Waals surface area contributed by atoms with E-state index < -0.39 is 10.0 Å². The Hall–Kier alpha value is -2.64. The second-order valence-corrected chi connectivity index (χ2v) is 9.16. The third kappa shape index (κ3) is 4.26. The Kier molecular flexibility index (Phi) is 6.16. The number of nitrogens with zero attached hydrogens (tertiary/aromatic N) is 2. The molecule has 0 aliphatic carbocycles. The van der Waals surface area contributed by atoms with Crippen molar-refractivity contribution < 1.29 is 13.2 Å². The average Bonchev–Trinajstić information content (AvgIpc) is 3.22. The number of carbonyl (C=O) groups is 1. The number of thiophene rings is 1. The van der Waals surface area contributed by atoms with Crippen molar-refractivity contribution in [2.75, 3.05) is 17.9 Å². The van der Waals surface area contributed by atoms with Crippen LogP contribution in [0.5, 0.6) is 0 Å². The Balaban J connectivity index is 1.80. The van der Waals surface area contributed by atoms with E-state index in [0.29, 0.717) is 24.3 Å². The second-order valence-electron chi connectivity index (χ2n) is 6.27. The summed E-state index contributed by atoms with van der Waals surface area (Å²) in [6.45, 7) is 2.62. The van der Waals surface area contributed by atoms with Crippen molar-refractivity contribution >= 4 is 33.0 Å². The molecule has 0 N–H and O–H groups in total. The molecule has 0 saturated heterocycles. The lowest BCUT2D eigenvalue weighted by molar-refractivity contribution is 0.0786. The van der Waals surface area contributed by atoms with Gasteiger partial charge in [0.2, 0.25) is 0 Å². The van der Waals surface area contributed by atoms with Gasteiger partial charge >= 0.3 is 0 Å². The predicted molar refractivity (Wildman–Crippen MR) is 113 cm³/mol. The van der Waals surface area contributed by atoms with Crippen LogP contribution in [-0.2, 0) is 16.6 Å². The summed E-state index contributed by atoms with van der Waals surface area (Å²) in [6, 6.07) is 19.0. The lowest BCUT2D eigenvalue weighted by Gasteiger charge is -2.23. The molecule has 0 aliphatic heterocycles. The largest absolute Gasteiger partial charge is 0.337 e. The second kappa shape index (κ2) is 8.58. The third-order valence-electron chi connectivity index (χ3n) is 4.34. The molecule has 28 heavy (non-hydrogen) atoms. The molecule has 3 aromatic rings. The average molecular weight is 415 g/mol. The number of hydrogen-bond acceptors (Lipinski definition) is 4. The van der Waals surface area contributed by atoms with Gasteiger partial charge in [-0.1, -0.05) is 24.3 Å². The molecule has 0 radical (unpaired) electrons. The zero-order valence-corrected chi connectivity index (χ0v) is 17.4. The zero-order valence-electron chi connectivity index (χ0n) is 15.8. The standard InChI is InChI=1S/C21H22N2O3S2/c1-3-23(28(25,26)20-9-5-4-6-10-20)18-13-11-17(12-14-18)21(24)22(2)16-19-8-7-15-27-19/h4-15H,3,16H2,1-2H3. The van der Waals surface area contributed by atoms with Gasteiger partial charge < -0.3 is 4.90 Å². The van der Waals surface area contributed by atoms with Gasteiger partial charge in [-0.15, -0.1) is 11.3 Å². The van der Waals surface area contributed by atoms with Gasteiger partial charge in [-0.3, -0.25) is 9.10 Å². The van der Waals surface area contributed by atoms with Crippen LogP contribution in [0.2, 0.25) is 0 Å². The molecule has 7 heteroatoms. The monoisotopic (exact) mass is 414 g/mol. The zero-order chi connectivity index (χ0) is 20.1. The maximum absolute atomic E-state index is 12.9. The van der Waals surface area contributed by atoms with E-state index in [1.54, 1.807) is 84.8 Å². The quantitative estimate of drug-likeness (QED) is 0.581. The number of sulfonamides is 1. The molecule has 0 aliphatic rings. The number of rotatable bonds is 7. The highest BCUT2D eigenvalue weighted by atomic mass is 32.2. The predicted octanol–water partition coefficient (Wildman–Crippen LogP) is 4.24. The van der Waals surface area contributed by atoms with Gasteiger partial charge in [0.25, 0.3) is 15.9 Å². The van der Waals surface area contributed by atoms with E-state index in [9.17, 15) is 13.2 Å². The number of amides is 1. The van der Waals surface area contributed by atoms with Gasteiger partial charge in [0.15, 0.2) is 0 Å². The van der Waals surface area contributed by atoms with Crippen molar-refractivity contribution in [1.29, 1.82) is 0 Å². The molecule has 0 spiro atoms. The summed E-state index contributed by atoms with van der Waals surface area (Å²) in [5, 5.41) is 1.98. The minimum atomic E-state index is -3.65. The van der Waals surface area contributed by atoms with Gasteiger partial charge in [-0.25, -0.2) is 8.42 Å². The van der Waals surface area contributed by atoms with Crippen molar-refractivity contribution in [2.24, 2.45) is 0 Å². The van der Waals surface area contributed by atoms with Crippen molar-refractivity contribution in [2.45, 2.75) is 18.4 Å². The Morgan fingerprint density at radius 1 is 0.964 bits per heavy atom. The van der Waals surface area contributed by atoms with E-state index in [0.717, 1.165) is 4.88 Å². The normalized spacial score (nSPS) is 11.2. The molecule has 0 unspecified atom stereocenters. The summed E-state index contributed by atoms with van der Waals surface area (Å²) < 4.78 is 27.2. The van der Waals surface area contributed by atoms with Crippen LogP contribution in [0.3, 0.4) is 0 Å². The van der Waals surface area contributed by atoms with E-state index in [4.69, 9.17) is 0 Å². The van der Waals surface area contributed by atoms with Gasteiger partial charge in [-0.2, -0.15) is 0 Å². The van der Waals surface area contributed by atoms with Crippen LogP contribution in [-0.4, -0.2) is 32.8 Å². The van der Waals surface area contributed by atoms with Crippen LogP contribution in [0.25, 0.3) is 0 Å². The molecule has 0 saturated carbocycles. The fraction of sp³-hybridized carbons (Fsp3) is 0.190. The van der Waals surface area contributed by atoms with E-state index >= 15 is 0 Å². The maximum atomic E-state index is 12.9. The Bertz CT molecular complexity index is 1020. The molecule has 0 bridgehead atoms. The first kappa shape index (κ1) is 20.1. The first-order valence-corrected chi connectivity index (χ1v) is 11.2. The Labute approximate surface area is 169 Å². The van der Waals surface area contributed by atoms with Crippen molar-refractivity contribution in [3.05, 3.63) is 82.6 Å². The molecule has 0 atom stereocenters. The van der Waals surface area contributed by atoms with Crippen LogP contribution < -0.4 is 4.31 Å². The highest BCUT2D eigenvalue weighted by Gasteiger charge is 2.23. The first-order chi connectivity index (χ1) is 13.4. The van der Waals surface area contributed by atoms with Crippen molar-refractivity contribution in [1.82, 2.24) is 4.90 Å². The topological polar surface area (TPSA) is 57.7 Å². The highest BCUT2D eigenvalue weighted by molar-refractivity contribution is 7.92. The van der Waals surface area contributed by atoms with E-state index in [-0.39, 0.29) is 10.8 Å². The summed E-state index contributed by atoms with van der Waals surface area (Å²) >= 11 is 1.61. The molecule has 5 nitrogen and oxygen atoms in total. The molecule has 1 heterocycles. The molecule has 2 aromatic carbocycles. The Morgan fingerprint density at radius 3 is 2.21 bits per heavy atom. The summed E-state index contributed by atoms with van der Waals surface area (Å²) in [6.07, 6.45) is 0. The maximum Gasteiger partial charge on any atom is 0.264 e. The molecular weight excluding hydrogens is 392 g/mol. The summed E-state index contributed by atoms with van der Waals surface area (Å²) in [4.78, 5) is 15.6. The van der Waals surface area contributed by atoms with Gasteiger partial charge in [0, 0.05) is 24.0 Å². The van der Waals surface area contributed by atoms with Crippen LogP contribution in [0.4, 0.5) is 5.69 Å². The lowest BCUT2D eigenvalue weighted by Crippen LogP contribution is -2.31. The molecule has 3 rings (SSSR count). The van der Waals surface area contributed by atoms with Crippen LogP contribution >= 0.6 is 11.3 Å². The van der Waals surface area contributed by atoms with Gasteiger partial charge in [0.05, 0.1) is 17.1 Å². The number of anilines is 1.